The summed E-state index contributed by atoms with van der Waals surface area (Å²) < 4.78 is 79.5. The molecule has 170 valence electrons. The number of sulfone groups is 1. The van der Waals surface area contributed by atoms with Crippen LogP contribution in [0.3, 0.4) is 0 Å². The van der Waals surface area contributed by atoms with Gasteiger partial charge in [0, 0.05) is 18.6 Å². The second-order valence-electron chi connectivity index (χ2n) is 8.69. The number of carbonyl (C=O) groups excluding carboxylic acids is 1. The van der Waals surface area contributed by atoms with Crippen molar-refractivity contribution < 1.29 is 30.8 Å². The molecule has 1 N–H and O–H groups in total. The quantitative estimate of drug-likeness (QED) is 0.688. The molecule has 0 radical (unpaired) electrons. The van der Waals surface area contributed by atoms with Crippen LogP contribution in [0.4, 0.5) is 17.6 Å². The zero-order valence-corrected chi connectivity index (χ0v) is 18.3. The van der Waals surface area contributed by atoms with Crippen LogP contribution < -0.4 is 5.32 Å². The summed E-state index contributed by atoms with van der Waals surface area (Å²) in [6.45, 7) is 5.71. The summed E-state index contributed by atoms with van der Waals surface area (Å²) in [6, 6.07) is 2.92. The third-order valence-corrected chi connectivity index (χ3v) is 7.85. The molecule has 0 bridgehead atoms. The van der Waals surface area contributed by atoms with E-state index in [1.807, 2.05) is 20.8 Å². The standard InChI is InChI=1S/C20H28F4N2O3S/c1-18(2,3)26(4)17(27)13-25-15-8-10-19(21,11-9-15)30(28,29)16-7-5-6-14(12-16)20(22,23)24/h5-7,12,15,25H,8-11,13H2,1-4H3/t15-,19+. The first-order valence-electron chi connectivity index (χ1n) is 9.69. The van der Waals surface area contributed by atoms with E-state index in [4.69, 9.17) is 0 Å². The Balaban J connectivity index is 2.04. The second kappa shape index (κ2) is 8.45. The molecule has 1 saturated carbocycles. The first kappa shape index (κ1) is 24.6. The van der Waals surface area contributed by atoms with Crippen LogP contribution in [0.2, 0.25) is 0 Å². The number of nitrogens with zero attached hydrogens (tertiary/aromatic N) is 1. The lowest BCUT2D eigenvalue weighted by molar-refractivity contribution is -0.137. The topological polar surface area (TPSA) is 66.5 Å². The van der Waals surface area contributed by atoms with E-state index in [-0.39, 0.29) is 49.7 Å². The van der Waals surface area contributed by atoms with E-state index in [0.29, 0.717) is 6.07 Å². The average molecular weight is 453 g/mol. The number of carbonyl (C=O) groups is 1. The largest absolute Gasteiger partial charge is 0.416 e. The van der Waals surface area contributed by atoms with Gasteiger partial charge in [0.05, 0.1) is 17.0 Å². The Bertz CT molecular complexity index is 871. The normalized spacial score (nSPS) is 23.3. The van der Waals surface area contributed by atoms with Crippen molar-refractivity contribution in [2.75, 3.05) is 13.6 Å². The summed E-state index contributed by atoms with van der Waals surface area (Å²) in [5.41, 5.74) is -1.48. The van der Waals surface area contributed by atoms with E-state index < -0.39 is 31.5 Å². The number of hydrogen-bond acceptors (Lipinski definition) is 4. The smallest absolute Gasteiger partial charge is 0.340 e. The molecule has 1 amide bonds. The van der Waals surface area contributed by atoms with Gasteiger partial charge in [0.25, 0.3) is 0 Å². The van der Waals surface area contributed by atoms with Crippen molar-refractivity contribution in [1.29, 1.82) is 0 Å². The summed E-state index contributed by atoms with van der Waals surface area (Å²) in [4.78, 5) is 13.1. The van der Waals surface area contributed by atoms with E-state index in [0.717, 1.165) is 18.2 Å². The van der Waals surface area contributed by atoms with E-state index in [1.165, 1.54) is 0 Å². The highest BCUT2D eigenvalue weighted by molar-refractivity contribution is 7.92. The van der Waals surface area contributed by atoms with Gasteiger partial charge in [0.15, 0.2) is 0 Å². The van der Waals surface area contributed by atoms with Crippen LogP contribution in [-0.4, -0.2) is 49.4 Å². The molecular weight excluding hydrogens is 424 g/mol. The van der Waals surface area contributed by atoms with Crippen molar-refractivity contribution in [3.63, 3.8) is 0 Å². The van der Waals surface area contributed by atoms with Crippen molar-refractivity contribution in [2.45, 2.75) is 74.1 Å². The van der Waals surface area contributed by atoms with E-state index in [2.05, 4.69) is 5.32 Å². The Morgan fingerprint density at radius 1 is 1.20 bits per heavy atom. The lowest BCUT2D eigenvalue weighted by Gasteiger charge is -2.35. The van der Waals surface area contributed by atoms with Crippen LogP contribution in [-0.2, 0) is 20.8 Å². The third-order valence-electron chi connectivity index (χ3n) is 5.61. The molecule has 0 aromatic heterocycles. The maximum absolute atomic E-state index is 15.3. The molecular formula is C20H28F4N2O3S. The molecule has 1 aromatic carbocycles. The number of amides is 1. The average Bonchev–Trinajstić information content (AvgIpc) is 2.65. The van der Waals surface area contributed by atoms with Crippen LogP contribution in [0.15, 0.2) is 29.2 Å². The SMILES string of the molecule is CN(C(=O)CN[C@H]1CC[C@@](F)(S(=O)(=O)c2cccc(C(F)(F)F)c2)CC1)C(C)(C)C. The van der Waals surface area contributed by atoms with Crippen LogP contribution in [0, 0.1) is 0 Å². The maximum atomic E-state index is 15.3. The molecule has 0 atom stereocenters. The Labute approximate surface area is 174 Å². The summed E-state index contributed by atoms with van der Waals surface area (Å²) in [6.07, 6.45) is -5.12. The predicted molar refractivity (Wildman–Crippen MR) is 105 cm³/mol. The zero-order valence-electron chi connectivity index (χ0n) is 17.5. The molecule has 30 heavy (non-hydrogen) atoms. The lowest BCUT2D eigenvalue weighted by atomic mass is 9.93. The highest BCUT2D eigenvalue weighted by Crippen LogP contribution is 2.41. The van der Waals surface area contributed by atoms with Crippen molar-refractivity contribution in [3.8, 4) is 0 Å². The lowest BCUT2D eigenvalue weighted by Crippen LogP contribution is -2.49. The van der Waals surface area contributed by atoms with Gasteiger partial charge >= 0.3 is 6.18 Å². The molecule has 0 aliphatic heterocycles. The Hall–Kier alpha value is -1.68. The first-order chi connectivity index (χ1) is 13.6. The monoisotopic (exact) mass is 452 g/mol. The number of halogens is 4. The third kappa shape index (κ3) is 5.32. The second-order valence-corrected chi connectivity index (χ2v) is 10.9. The molecule has 0 saturated heterocycles. The fraction of sp³-hybridized carbons (Fsp3) is 0.650. The molecule has 5 nitrogen and oxygen atoms in total. The number of hydrogen-bond donors (Lipinski definition) is 1. The molecule has 1 aliphatic carbocycles. The van der Waals surface area contributed by atoms with Crippen molar-refractivity contribution in [3.05, 3.63) is 29.8 Å². The fourth-order valence-electron chi connectivity index (χ4n) is 3.30. The molecule has 1 aromatic rings. The van der Waals surface area contributed by atoms with E-state index >= 15 is 4.39 Å². The molecule has 0 spiro atoms. The Kier molecular flexibility index (Phi) is 6.93. The minimum absolute atomic E-state index is 0.0398. The van der Waals surface area contributed by atoms with E-state index in [1.54, 1.807) is 11.9 Å². The van der Waals surface area contributed by atoms with Gasteiger partial charge in [-0.15, -0.1) is 0 Å². The van der Waals surface area contributed by atoms with Gasteiger partial charge in [-0.25, -0.2) is 12.8 Å². The molecule has 1 aliphatic rings. The van der Waals surface area contributed by atoms with Crippen molar-refractivity contribution in [2.24, 2.45) is 0 Å². The van der Waals surface area contributed by atoms with E-state index in [9.17, 15) is 26.4 Å². The summed E-state index contributed by atoms with van der Waals surface area (Å²) >= 11 is 0. The minimum Gasteiger partial charge on any atom is -0.340 e. The first-order valence-corrected chi connectivity index (χ1v) is 11.2. The van der Waals surface area contributed by atoms with Gasteiger partial charge in [-0.05, 0) is 64.7 Å². The van der Waals surface area contributed by atoms with Gasteiger partial charge in [-0.2, -0.15) is 13.2 Å². The Morgan fingerprint density at radius 2 is 1.77 bits per heavy atom. The molecule has 10 heteroatoms. The fourth-order valence-corrected chi connectivity index (χ4v) is 5.03. The molecule has 1 fully saturated rings. The van der Waals surface area contributed by atoms with Crippen LogP contribution in [0.25, 0.3) is 0 Å². The maximum Gasteiger partial charge on any atom is 0.416 e. The highest BCUT2D eigenvalue weighted by Gasteiger charge is 2.48. The number of rotatable bonds is 5. The number of benzene rings is 1. The van der Waals surface area contributed by atoms with Gasteiger partial charge in [0.2, 0.25) is 20.7 Å². The molecule has 0 unspecified atom stereocenters. The Morgan fingerprint density at radius 3 is 2.27 bits per heavy atom. The minimum atomic E-state index is -4.72. The van der Waals surface area contributed by atoms with Crippen LogP contribution in [0.1, 0.15) is 52.0 Å². The number of alkyl halides is 4. The van der Waals surface area contributed by atoms with Crippen molar-refractivity contribution in [1.82, 2.24) is 10.2 Å². The zero-order chi connectivity index (χ0) is 23.0. The number of likely N-dealkylation sites (N-methyl/N-ethyl adjacent to an activating group) is 1. The van der Waals surface area contributed by atoms with Gasteiger partial charge in [-0.1, -0.05) is 6.07 Å². The summed E-state index contributed by atoms with van der Waals surface area (Å²) in [5.74, 6) is -0.142. The van der Waals surface area contributed by atoms with Gasteiger partial charge in [-0.3, -0.25) is 4.79 Å². The van der Waals surface area contributed by atoms with Gasteiger partial charge < -0.3 is 10.2 Å². The summed E-state index contributed by atoms with van der Waals surface area (Å²) in [5, 5.41) is 0.394. The molecule has 0 heterocycles. The van der Waals surface area contributed by atoms with Crippen LogP contribution >= 0.6 is 0 Å². The highest BCUT2D eigenvalue weighted by atomic mass is 32.2. The number of nitrogens with one attached hydrogen (secondary N) is 1. The van der Waals surface area contributed by atoms with Crippen LogP contribution in [0.5, 0.6) is 0 Å². The molecule has 2 rings (SSSR count). The van der Waals surface area contributed by atoms with Crippen molar-refractivity contribution >= 4 is 15.7 Å². The predicted octanol–water partition coefficient (Wildman–Crippen LogP) is 3.93. The van der Waals surface area contributed by atoms with Gasteiger partial charge in [0.1, 0.15) is 0 Å². The summed E-state index contributed by atoms with van der Waals surface area (Å²) in [7, 11) is -2.92.